The molecule has 0 saturated heterocycles. The minimum Gasteiger partial charge on any atom is -0.748 e. The summed E-state index contributed by atoms with van der Waals surface area (Å²) in [5.41, 5.74) is 0. The summed E-state index contributed by atoms with van der Waals surface area (Å²) in [6.45, 7) is 4.82. The van der Waals surface area contributed by atoms with Crippen LogP contribution in [0.1, 0.15) is 40.0 Å². The van der Waals surface area contributed by atoms with Gasteiger partial charge in [-0.15, -0.1) is 0 Å². The normalized spacial score (nSPS) is 14.9. The predicted octanol–water partition coefficient (Wildman–Crippen LogP) is -2.47. The summed E-state index contributed by atoms with van der Waals surface area (Å²) in [7, 11) is -12.7. The zero-order valence-electron chi connectivity index (χ0n) is 15.7. The van der Waals surface area contributed by atoms with Gasteiger partial charge in [0.05, 0.1) is 65.9 Å². The SMILES string of the molecule is CCC(O)CS(=O)(=O)[O-].CCC(O)CS(=O)(=O)[O-].CCC(O)CS(=O)(=O)[O-].[Bi+3]. The monoisotopic (exact) mass is 668 g/mol. The van der Waals surface area contributed by atoms with E-state index in [-0.39, 0.29) is 26.2 Å². The average Bonchev–Trinajstić information content (AvgIpc) is 2.43. The molecule has 28 heavy (non-hydrogen) atoms. The van der Waals surface area contributed by atoms with Crippen LogP contribution in [0, 0.1) is 0 Å². The van der Waals surface area contributed by atoms with Crippen LogP contribution in [0.4, 0.5) is 0 Å². The standard InChI is InChI=1S/3C4H10O4S.Bi/c3*1-2-4(5)3-9(6,7)8;/h3*4-5H,2-3H2,1H3,(H,6,7,8);/q;;;+3/p-3. The molecule has 3 atom stereocenters. The van der Waals surface area contributed by atoms with Crippen molar-refractivity contribution in [2.24, 2.45) is 0 Å². The number of aliphatic hydroxyl groups excluding tert-OH is 3. The second-order valence-electron chi connectivity index (χ2n) is 5.36. The third-order valence-electron chi connectivity index (χ3n) is 2.60. The number of aliphatic hydroxyl groups is 3. The van der Waals surface area contributed by atoms with Crippen molar-refractivity contribution < 1.29 is 54.2 Å². The van der Waals surface area contributed by atoms with E-state index in [4.69, 9.17) is 15.3 Å². The quantitative estimate of drug-likeness (QED) is 0.171. The maximum Gasteiger partial charge on any atom is 3.00 e. The van der Waals surface area contributed by atoms with Crippen LogP contribution in [0.15, 0.2) is 0 Å². The topological polar surface area (TPSA) is 232 Å². The Kier molecular flexibility index (Phi) is 22.1. The van der Waals surface area contributed by atoms with Crippen LogP contribution in [0.2, 0.25) is 0 Å². The van der Waals surface area contributed by atoms with Gasteiger partial charge in [0.15, 0.2) is 0 Å². The second kappa shape index (κ2) is 17.2. The van der Waals surface area contributed by atoms with Crippen LogP contribution in [-0.4, -0.2) is 116 Å². The van der Waals surface area contributed by atoms with Crippen molar-refractivity contribution in [3.05, 3.63) is 0 Å². The summed E-state index contributed by atoms with van der Waals surface area (Å²) in [5.74, 6) is -2.03. The Morgan fingerprint density at radius 2 is 0.714 bits per heavy atom. The van der Waals surface area contributed by atoms with E-state index in [0.717, 1.165) is 0 Å². The van der Waals surface area contributed by atoms with Crippen molar-refractivity contribution >= 4 is 56.6 Å². The van der Waals surface area contributed by atoms with Crippen molar-refractivity contribution in [1.29, 1.82) is 0 Å². The van der Waals surface area contributed by atoms with Gasteiger partial charge in [0.2, 0.25) is 0 Å². The van der Waals surface area contributed by atoms with E-state index in [1.165, 1.54) is 0 Å². The molecule has 0 aliphatic heterocycles. The molecule has 0 bridgehead atoms. The molecule has 3 N–H and O–H groups in total. The first-order valence-electron chi connectivity index (χ1n) is 7.71. The van der Waals surface area contributed by atoms with E-state index in [1.807, 2.05) is 0 Å². The molecule has 0 aliphatic rings. The van der Waals surface area contributed by atoms with E-state index in [1.54, 1.807) is 20.8 Å². The second-order valence-corrected chi connectivity index (χ2v) is 9.71. The van der Waals surface area contributed by atoms with Crippen molar-refractivity contribution in [2.75, 3.05) is 17.3 Å². The van der Waals surface area contributed by atoms with Crippen LogP contribution in [0.25, 0.3) is 0 Å². The number of hydrogen-bond donors (Lipinski definition) is 3. The number of hydrogen-bond acceptors (Lipinski definition) is 12. The van der Waals surface area contributed by atoms with E-state index in [2.05, 4.69) is 0 Å². The largest absolute Gasteiger partial charge is 3.00 e. The maximum absolute atomic E-state index is 9.88. The van der Waals surface area contributed by atoms with Crippen molar-refractivity contribution in [1.82, 2.24) is 0 Å². The van der Waals surface area contributed by atoms with Crippen LogP contribution in [0.5, 0.6) is 0 Å². The van der Waals surface area contributed by atoms with E-state index in [9.17, 15) is 38.9 Å². The van der Waals surface area contributed by atoms with Crippen LogP contribution in [0.3, 0.4) is 0 Å². The minimum atomic E-state index is -4.24. The fraction of sp³-hybridized carbons (Fsp3) is 1.00. The molecule has 0 rings (SSSR count). The summed E-state index contributed by atoms with van der Waals surface area (Å²) in [4.78, 5) is 0. The minimum absolute atomic E-state index is 0. The average molecular weight is 669 g/mol. The van der Waals surface area contributed by atoms with E-state index in [0.29, 0.717) is 19.3 Å². The third-order valence-corrected chi connectivity index (χ3v) is 4.98. The first kappa shape index (κ1) is 35.9. The predicted molar refractivity (Wildman–Crippen MR) is 98.3 cm³/mol. The van der Waals surface area contributed by atoms with Crippen molar-refractivity contribution in [3.63, 3.8) is 0 Å². The first-order valence-corrected chi connectivity index (χ1v) is 12.4. The van der Waals surface area contributed by atoms with E-state index < -0.39 is 65.9 Å². The molecule has 2 radical (unpaired) electrons. The Morgan fingerprint density at radius 1 is 0.571 bits per heavy atom. The summed E-state index contributed by atoms with van der Waals surface area (Å²) in [6.07, 6.45) is -2.14. The smallest absolute Gasteiger partial charge is 0.748 e. The van der Waals surface area contributed by atoms with Gasteiger partial charge in [0, 0.05) is 0 Å². The van der Waals surface area contributed by atoms with Gasteiger partial charge in [0.1, 0.15) is 0 Å². The summed E-state index contributed by atoms with van der Waals surface area (Å²) < 4.78 is 89.0. The Morgan fingerprint density at radius 3 is 0.750 bits per heavy atom. The van der Waals surface area contributed by atoms with Crippen LogP contribution in [-0.2, 0) is 30.4 Å². The summed E-state index contributed by atoms with van der Waals surface area (Å²) in [5, 5.41) is 25.8. The Hall–Kier alpha value is 0.493. The molecule has 16 heteroatoms. The molecule has 0 spiro atoms. The zero-order valence-corrected chi connectivity index (χ0v) is 21.6. The molecule has 0 saturated carbocycles. The van der Waals surface area contributed by atoms with Gasteiger partial charge in [-0.3, -0.25) is 0 Å². The molecule has 170 valence electrons. The van der Waals surface area contributed by atoms with Crippen LogP contribution < -0.4 is 0 Å². The molecular weight excluding hydrogens is 641 g/mol. The summed E-state index contributed by atoms with van der Waals surface area (Å²) in [6, 6.07) is 0. The Bertz CT molecular complexity index is 580. The molecule has 0 amide bonds. The summed E-state index contributed by atoms with van der Waals surface area (Å²) >= 11 is 0. The zero-order chi connectivity index (χ0) is 22.5. The first-order chi connectivity index (χ1) is 11.9. The fourth-order valence-corrected chi connectivity index (χ4v) is 3.18. The van der Waals surface area contributed by atoms with E-state index >= 15 is 0 Å². The van der Waals surface area contributed by atoms with Gasteiger partial charge < -0.3 is 29.0 Å². The molecule has 3 unspecified atom stereocenters. The molecule has 0 heterocycles. The van der Waals surface area contributed by atoms with Gasteiger partial charge in [-0.1, -0.05) is 20.8 Å². The van der Waals surface area contributed by atoms with Crippen molar-refractivity contribution in [3.8, 4) is 0 Å². The molecular formula is C12H27BiO12S3. The van der Waals surface area contributed by atoms with Crippen molar-refractivity contribution in [2.45, 2.75) is 58.3 Å². The van der Waals surface area contributed by atoms with Gasteiger partial charge >= 0.3 is 26.2 Å². The molecule has 0 aromatic rings. The third kappa shape index (κ3) is 37.3. The molecule has 0 fully saturated rings. The molecule has 0 aromatic carbocycles. The van der Waals surface area contributed by atoms with Gasteiger partial charge in [-0.2, -0.15) is 0 Å². The van der Waals surface area contributed by atoms with Gasteiger partial charge in [-0.05, 0) is 19.3 Å². The molecule has 0 aromatic heterocycles. The Labute approximate surface area is 185 Å². The van der Waals surface area contributed by atoms with Gasteiger partial charge in [-0.25, -0.2) is 25.3 Å². The molecule has 0 aliphatic carbocycles. The maximum atomic E-state index is 9.88. The molecule has 12 nitrogen and oxygen atoms in total. The Balaban J connectivity index is -0.000000152. The number of rotatable bonds is 9. The fourth-order valence-electron chi connectivity index (χ4n) is 1.06. The van der Waals surface area contributed by atoms with Crippen LogP contribution >= 0.6 is 0 Å². The van der Waals surface area contributed by atoms with Gasteiger partial charge in [0.25, 0.3) is 0 Å².